The van der Waals surface area contributed by atoms with Crippen molar-refractivity contribution in [1.82, 2.24) is 16.0 Å². The van der Waals surface area contributed by atoms with Crippen molar-refractivity contribution in [3.63, 3.8) is 0 Å². The molecule has 0 radical (unpaired) electrons. The molecule has 0 saturated carbocycles. The van der Waals surface area contributed by atoms with Gasteiger partial charge in [-0.25, -0.2) is 0 Å². The standard InChI is InChI=1S/C24H27B2N3O9/c1-12(7-20(30)31)27-24(34)21(29-23(33)15-4-6-17-11-38-26(36)19(17)9-15)13(2)28-22(32)14-3-5-16-10-37-25(35)18(16)8-14/h3-6,8-9,12-13,21,35-36H,7,10-11H2,1-2H3,(H,27,34)(H,28,32)(H,29,33)(H,30,31)/t12-,13-,21-/m0/s1. The van der Waals surface area contributed by atoms with E-state index in [9.17, 15) is 29.2 Å². The quantitative estimate of drug-likeness (QED) is 0.203. The largest absolute Gasteiger partial charge is 0.491 e. The van der Waals surface area contributed by atoms with E-state index in [1.165, 1.54) is 32.0 Å². The molecule has 0 aromatic heterocycles. The SMILES string of the molecule is C[C@H](NC(=O)c1ccc2c(c1)B(O)OC2)[C@H](NC(=O)c1ccc2c(c1)B(O)OC2)C(=O)N[C@@H](C)CC(=O)O. The minimum Gasteiger partial charge on any atom is -0.481 e. The van der Waals surface area contributed by atoms with Gasteiger partial charge in [-0.2, -0.15) is 0 Å². The molecule has 2 aliphatic rings. The third-order valence-electron chi connectivity index (χ3n) is 6.44. The van der Waals surface area contributed by atoms with Gasteiger partial charge < -0.3 is 40.4 Å². The van der Waals surface area contributed by atoms with Gasteiger partial charge in [0.25, 0.3) is 11.8 Å². The molecule has 0 bridgehead atoms. The first-order valence-electron chi connectivity index (χ1n) is 12.0. The van der Waals surface area contributed by atoms with Crippen LogP contribution in [0.1, 0.15) is 52.1 Å². The molecule has 0 fully saturated rings. The third-order valence-corrected chi connectivity index (χ3v) is 6.44. The Bertz CT molecular complexity index is 1270. The van der Waals surface area contributed by atoms with Crippen LogP contribution in [0.15, 0.2) is 36.4 Å². The van der Waals surface area contributed by atoms with Gasteiger partial charge in [0, 0.05) is 17.2 Å². The fourth-order valence-corrected chi connectivity index (χ4v) is 4.37. The van der Waals surface area contributed by atoms with Crippen molar-refractivity contribution in [2.75, 3.05) is 0 Å². The number of carboxylic acids is 1. The molecule has 3 amide bonds. The summed E-state index contributed by atoms with van der Waals surface area (Å²) in [6.45, 7) is 3.47. The molecule has 6 N–H and O–H groups in total. The molecule has 12 nitrogen and oxygen atoms in total. The van der Waals surface area contributed by atoms with Crippen molar-refractivity contribution < 1.29 is 43.6 Å². The summed E-state index contributed by atoms with van der Waals surface area (Å²) >= 11 is 0. The number of nitrogens with one attached hydrogen (secondary N) is 3. The second-order valence-corrected chi connectivity index (χ2v) is 9.37. The van der Waals surface area contributed by atoms with Gasteiger partial charge in [0.2, 0.25) is 5.91 Å². The predicted molar refractivity (Wildman–Crippen MR) is 136 cm³/mol. The van der Waals surface area contributed by atoms with E-state index in [0.717, 1.165) is 11.1 Å². The van der Waals surface area contributed by atoms with Crippen LogP contribution in [0.5, 0.6) is 0 Å². The average molecular weight is 523 g/mol. The summed E-state index contributed by atoms with van der Waals surface area (Å²) < 4.78 is 10.3. The molecule has 2 aliphatic heterocycles. The van der Waals surface area contributed by atoms with Crippen LogP contribution >= 0.6 is 0 Å². The summed E-state index contributed by atoms with van der Waals surface area (Å²) in [5, 5.41) is 36.8. The molecule has 14 heteroatoms. The van der Waals surface area contributed by atoms with Gasteiger partial charge in [-0.15, -0.1) is 0 Å². The van der Waals surface area contributed by atoms with Crippen molar-refractivity contribution in [2.24, 2.45) is 0 Å². The molecular formula is C24H27B2N3O9. The number of carbonyl (C=O) groups excluding carboxylic acids is 3. The second kappa shape index (κ2) is 11.4. The summed E-state index contributed by atoms with van der Waals surface area (Å²) in [5.41, 5.74) is 2.78. The van der Waals surface area contributed by atoms with Gasteiger partial charge in [0.1, 0.15) is 6.04 Å². The van der Waals surface area contributed by atoms with E-state index >= 15 is 0 Å². The fraction of sp³-hybridized carbons (Fsp3) is 0.333. The molecule has 3 atom stereocenters. The molecule has 0 unspecified atom stereocenters. The normalized spacial score (nSPS) is 16.2. The maximum Gasteiger partial charge on any atom is 0.491 e. The number of amides is 3. The smallest absolute Gasteiger partial charge is 0.481 e. The molecule has 0 spiro atoms. The van der Waals surface area contributed by atoms with Crippen molar-refractivity contribution in [3.05, 3.63) is 58.7 Å². The highest BCUT2D eigenvalue weighted by Gasteiger charge is 2.33. The number of carboxylic acid groups (broad SMARTS) is 1. The Kier molecular flexibility index (Phi) is 8.17. The topological polar surface area (TPSA) is 184 Å². The van der Waals surface area contributed by atoms with Crippen LogP contribution in [0, 0.1) is 0 Å². The Morgan fingerprint density at radius 2 is 1.34 bits per heavy atom. The van der Waals surface area contributed by atoms with E-state index < -0.39 is 56.1 Å². The van der Waals surface area contributed by atoms with Crippen molar-refractivity contribution in [2.45, 2.75) is 51.6 Å². The number of hydrogen-bond acceptors (Lipinski definition) is 8. The maximum absolute atomic E-state index is 13.1. The number of aliphatic carboxylic acids is 1. The number of benzene rings is 2. The monoisotopic (exact) mass is 523 g/mol. The molecule has 2 aromatic rings. The lowest BCUT2D eigenvalue weighted by Crippen LogP contribution is -2.58. The Morgan fingerprint density at radius 3 is 1.84 bits per heavy atom. The zero-order chi connectivity index (χ0) is 27.6. The molecular weight excluding hydrogens is 496 g/mol. The van der Waals surface area contributed by atoms with E-state index in [1.54, 1.807) is 18.2 Å². The van der Waals surface area contributed by atoms with E-state index in [4.69, 9.17) is 14.4 Å². The van der Waals surface area contributed by atoms with Crippen molar-refractivity contribution in [3.8, 4) is 0 Å². The highest BCUT2D eigenvalue weighted by atomic mass is 16.5. The van der Waals surface area contributed by atoms with Gasteiger partial charge >= 0.3 is 20.2 Å². The lowest BCUT2D eigenvalue weighted by Gasteiger charge is -2.27. The van der Waals surface area contributed by atoms with E-state index in [1.807, 2.05) is 0 Å². The zero-order valence-electron chi connectivity index (χ0n) is 20.8. The fourth-order valence-electron chi connectivity index (χ4n) is 4.37. The molecule has 2 aromatic carbocycles. The predicted octanol–water partition coefficient (Wildman–Crippen LogP) is -1.98. The van der Waals surface area contributed by atoms with Crippen molar-refractivity contribution in [1.29, 1.82) is 0 Å². The van der Waals surface area contributed by atoms with E-state index in [-0.39, 0.29) is 30.8 Å². The summed E-state index contributed by atoms with van der Waals surface area (Å²) in [6, 6.07) is 6.40. The highest BCUT2D eigenvalue weighted by Crippen LogP contribution is 2.13. The maximum atomic E-state index is 13.1. The number of hydrogen-bond donors (Lipinski definition) is 6. The second-order valence-electron chi connectivity index (χ2n) is 9.37. The van der Waals surface area contributed by atoms with Crippen LogP contribution in [0.2, 0.25) is 0 Å². The summed E-state index contributed by atoms with van der Waals surface area (Å²) in [7, 11) is -2.30. The van der Waals surface area contributed by atoms with Crippen LogP contribution in [0.4, 0.5) is 0 Å². The Hall–Kier alpha value is -3.71. The third kappa shape index (κ3) is 6.05. The first-order chi connectivity index (χ1) is 18.0. The summed E-state index contributed by atoms with van der Waals surface area (Å²) in [4.78, 5) is 50.2. The van der Waals surface area contributed by atoms with Crippen molar-refractivity contribution >= 4 is 48.9 Å². The van der Waals surface area contributed by atoms with Crippen LogP contribution < -0.4 is 26.9 Å². The first kappa shape index (κ1) is 27.3. The summed E-state index contributed by atoms with van der Waals surface area (Å²) in [5.74, 6) is -3.00. The highest BCUT2D eigenvalue weighted by molar-refractivity contribution is 6.62. The van der Waals surface area contributed by atoms with Crippen LogP contribution in [-0.2, 0) is 32.1 Å². The molecule has 4 rings (SSSR count). The lowest BCUT2D eigenvalue weighted by molar-refractivity contribution is -0.137. The van der Waals surface area contributed by atoms with Gasteiger partial charge in [0.15, 0.2) is 0 Å². The average Bonchev–Trinajstić information content (AvgIpc) is 3.43. The lowest BCUT2D eigenvalue weighted by atomic mass is 9.78. The zero-order valence-corrected chi connectivity index (χ0v) is 20.8. The number of carbonyl (C=O) groups is 4. The Balaban J connectivity index is 1.52. The van der Waals surface area contributed by atoms with Gasteiger partial charge in [-0.1, -0.05) is 12.1 Å². The van der Waals surface area contributed by atoms with E-state index in [0.29, 0.717) is 10.9 Å². The van der Waals surface area contributed by atoms with Gasteiger partial charge in [-0.3, -0.25) is 19.2 Å². The van der Waals surface area contributed by atoms with Crippen LogP contribution in [0.25, 0.3) is 0 Å². The minimum atomic E-state index is -1.28. The Morgan fingerprint density at radius 1 is 0.842 bits per heavy atom. The van der Waals surface area contributed by atoms with Crippen LogP contribution in [-0.4, -0.2) is 71.2 Å². The molecule has 2 heterocycles. The molecule has 0 saturated heterocycles. The van der Waals surface area contributed by atoms with Gasteiger partial charge in [0.05, 0.1) is 25.7 Å². The molecule has 0 aliphatic carbocycles. The molecule has 198 valence electrons. The first-order valence-corrected chi connectivity index (χ1v) is 12.0. The van der Waals surface area contributed by atoms with Gasteiger partial charge in [-0.05, 0) is 60.2 Å². The van der Waals surface area contributed by atoms with Crippen LogP contribution in [0.3, 0.4) is 0 Å². The molecule has 38 heavy (non-hydrogen) atoms. The number of fused-ring (bicyclic) bond motifs is 2. The van der Waals surface area contributed by atoms with E-state index in [2.05, 4.69) is 16.0 Å². The Labute approximate surface area is 219 Å². The minimum absolute atomic E-state index is 0.163. The number of rotatable bonds is 9. The summed E-state index contributed by atoms with van der Waals surface area (Å²) in [6.07, 6.45) is -0.338.